The van der Waals surface area contributed by atoms with E-state index in [1.165, 1.54) is 12.1 Å². The van der Waals surface area contributed by atoms with Crippen LogP contribution < -0.4 is 0 Å². The largest absolute Gasteiger partial charge is 0.294 e. The second-order valence-corrected chi connectivity index (χ2v) is 8.99. The van der Waals surface area contributed by atoms with E-state index in [9.17, 15) is 25.9 Å². The zero-order valence-corrected chi connectivity index (χ0v) is 15.7. The van der Waals surface area contributed by atoms with Crippen LogP contribution in [0, 0.1) is 13.8 Å². The standard InChI is InChI=1S/C17H20O6S2/c1-11-4-6-16(24(18,19)20)14(8-11)10-13(3)15-9-12(2)5-7-17(15)25(21,22)23/h4-9,13H,10H2,1-3H3,(H,18,19,20)(H,21,22,23). The Morgan fingerprint density at radius 1 is 0.840 bits per heavy atom. The van der Waals surface area contributed by atoms with Crippen molar-refractivity contribution in [2.75, 3.05) is 0 Å². The van der Waals surface area contributed by atoms with Crippen LogP contribution in [0.1, 0.15) is 35.1 Å². The van der Waals surface area contributed by atoms with Crippen LogP contribution in [0.25, 0.3) is 0 Å². The minimum Gasteiger partial charge on any atom is -0.282 e. The summed E-state index contributed by atoms with van der Waals surface area (Å²) in [6, 6.07) is 9.10. The molecule has 2 rings (SSSR count). The van der Waals surface area contributed by atoms with E-state index in [-0.39, 0.29) is 16.2 Å². The Hall–Kier alpha value is -1.74. The van der Waals surface area contributed by atoms with E-state index >= 15 is 0 Å². The third kappa shape index (κ3) is 4.66. The predicted octanol–water partition coefficient (Wildman–Crippen LogP) is 3.14. The first kappa shape index (κ1) is 19.6. The SMILES string of the molecule is Cc1ccc(S(=O)(=O)O)c(CC(C)c2cc(C)ccc2S(=O)(=O)O)c1. The predicted molar refractivity (Wildman–Crippen MR) is 94.1 cm³/mol. The van der Waals surface area contributed by atoms with E-state index in [1.807, 2.05) is 0 Å². The van der Waals surface area contributed by atoms with Gasteiger partial charge in [-0.1, -0.05) is 42.3 Å². The Labute approximate surface area is 148 Å². The summed E-state index contributed by atoms with van der Waals surface area (Å²) in [6.45, 7) is 5.32. The minimum absolute atomic E-state index is 0.183. The molecule has 0 spiro atoms. The molecule has 2 aromatic rings. The number of hydrogen-bond donors (Lipinski definition) is 2. The monoisotopic (exact) mass is 384 g/mol. The highest BCUT2D eigenvalue weighted by Crippen LogP contribution is 2.30. The van der Waals surface area contributed by atoms with Gasteiger partial charge in [-0.25, -0.2) is 0 Å². The lowest BCUT2D eigenvalue weighted by molar-refractivity contribution is 0.477. The normalized spacial score (nSPS) is 13.6. The third-order valence-corrected chi connectivity index (χ3v) is 5.88. The van der Waals surface area contributed by atoms with Crippen molar-refractivity contribution < 1.29 is 25.9 Å². The number of aryl methyl sites for hydroxylation is 2. The Kier molecular flexibility index (Phi) is 5.38. The highest BCUT2D eigenvalue weighted by Gasteiger charge is 2.22. The molecule has 0 aromatic heterocycles. The Balaban J connectivity index is 2.54. The van der Waals surface area contributed by atoms with Crippen LogP contribution in [0.3, 0.4) is 0 Å². The lowest BCUT2D eigenvalue weighted by Crippen LogP contribution is -2.10. The van der Waals surface area contributed by atoms with E-state index in [0.29, 0.717) is 11.1 Å². The minimum atomic E-state index is -4.40. The fourth-order valence-electron chi connectivity index (χ4n) is 2.85. The highest BCUT2D eigenvalue weighted by atomic mass is 32.2. The van der Waals surface area contributed by atoms with Crippen molar-refractivity contribution in [2.24, 2.45) is 0 Å². The molecule has 2 N–H and O–H groups in total. The van der Waals surface area contributed by atoms with Crippen molar-refractivity contribution in [1.29, 1.82) is 0 Å². The molecule has 1 atom stereocenters. The van der Waals surface area contributed by atoms with Crippen LogP contribution in [0.4, 0.5) is 0 Å². The summed E-state index contributed by atoms with van der Waals surface area (Å²) in [5.41, 5.74) is 2.41. The topological polar surface area (TPSA) is 109 Å². The third-order valence-electron chi connectivity index (χ3n) is 3.99. The Morgan fingerprint density at radius 2 is 1.32 bits per heavy atom. The summed E-state index contributed by atoms with van der Waals surface area (Å²) in [5.74, 6) is -0.404. The number of hydrogen-bond acceptors (Lipinski definition) is 4. The van der Waals surface area contributed by atoms with Crippen LogP contribution in [0.15, 0.2) is 46.2 Å². The molecule has 1 unspecified atom stereocenters. The second-order valence-electron chi connectivity index (χ2n) is 6.21. The lowest BCUT2D eigenvalue weighted by atomic mass is 9.92. The number of rotatable bonds is 5. The molecule has 0 radical (unpaired) electrons. The number of benzene rings is 2. The molecule has 6 nitrogen and oxygen atoms in total. The second kappa shape index (κ2) is 6.87. The fourth-order valence-corrected chi connectivity index (χ4v) is 4.36. The van der Waals surface area contributed by atoms with Crippen molar-refractivity contribution in [3.05, 3.63) is 58.7 Å². The van der Waals surface area contributed by atoms with Crippen LogP contribution in [-0.4, -0.2) is 25.9 Å². The van der Waals surface area contributed by atoms with Crippen molar-refractivity contribution in [2.45, 2.75) is 42.9 Å². The average molecular weight is 384 g/mol. The van der Waals surface area contributed by atoms with Crippen LogP contribution in [-0.2, 0) is 26.7 Å². The zero-order chi connectivity index (χ0) is 19.0. The van der Waals surface area contributed by atoms with Gasteiger partial charge in [0, 0.05) is 0 Å². The average Bonchev–Trinajstić information content (AvgIpc) is 2.44. The Bertz CT molecular complexity index is 1010. The maximum atomic E-state index is 11.6. The lowest BCUT2D eigenvalue weighted by Gasteiger charge is -2.18. The molecule has 0 saturated heterocycles. The molecule has 0 saturated carbocycles. The van der Waals surface area contributed by atoms with Gasteiger partial charge in [-0.15, -0.1) is 0 Å². The Morgan fingerprint density at radius 3 is 1.84 bits per heavy atom. The van der Waals surface area contributed by atoms with E-state index in [0.717, 1.165) is 11.1 Å². The van der Waals surface area contributed by atoms with Gasteiger partial charge in [0.2, 0.25) is 0 Å². The van der Waals surface area contributed by atoms with Gasteiger partial charge in [0.15, 0.2) is 0 Å². The zero-order valence-electron chi connectivity index (χ0n) is 14.1. The molecule has 8 heteroatoms. The first-order valence-corrected chi connectivity index (χ1v) is 10.4. The van der Waals surface area contributed by atoms with E-state index < -0.39 is 26.2 Å². The molecule has 0 aliphatic heterocycles. The van der Waals surface area contributed by atoms with Crippen molar-refractivity contribution in [3.63, 3.8) is 0 Å². The van der Waals surface area contributed by atoms with Crippen molar-refractivity contribution in [1.82, 2.24) is 0 Å². The summed E-state index contributed by atoms with van der Waals surface area (Å²) < 4.78 is 65.3. The van der Waals surface area contributed by atoms with Gasteiger partial charge in [-0.05, 0) is 49.4 Å². The van der Waals surface area contributed by atoms with Crippen LogP contribution in [0.5, 0.6) is 0 Å². The molecule has 136 valence electrons. The quantitative estimate of drug-likeness (QED) is 0.767. The molecule has 25 heavy (non-hydrogen) atoms. The molecule has 2 aromatic carbocycles. The van der Waals surface area contributed by atoms with Gasteiger partial charge in [0.05, 0.1) is 9.79 Å². The van der Waals surface area contributed by atoms with E-state index in [2.05, 4.69) is 0 Å². The first-order valence-electron chi connectivity index (χ1n) is 7.54. The summed E-state index contributed by atoms with van der Waals surface area (Å²) in [4.78, 5) is -0.405. The summed E-state index contributed by atoms with van der Waals surface area (Å²) in [6.07, 6.45) is 0.183. The van der Waals surface area contributed by atoms with Gasteiger partial charge in [-0.3, -0.25) is 9.11 Å². The van der Waals surface area contributed by atoms with E-state index in [4.69, 9.17) is 0 Å². The molecular weight excluding hydrogens is 364 g/mol. The van der Waals surface area contributed by atoms with Crippen molar-refractivity contribution in [3.8, 4) is 0 Å². The maximum absolute atomic E-state index is 11.6. The van der Waals surface area contributed by atoms with Gasteiger partial charge in [0.25, 0.3) is 20.2 Å². The van der Waals surface area contributed by atoms with Crippen LogP contribution >= 0.6 is 0 Å². The molecule has 0 aliphatic carbocycles. The van der Waals surface area contributed by atoms with E-state index in [1.54, 1.807) is 45.0 Å². The summed E-state index contributed by atoms with van der Waals surface area (Å²) in [5, 5.41) is 0. The summed E-state index contributed by atoms with van der Waals surface area (Å²) >= 11 is 0. The maximum Gasteiger partial charge on any atom is 0.294 e. The van der Waals surface area contributed by atoms with Crippen molar-refractivity contribution >= 4 is 20.2 Å². The molecule has 0 heterocycles. The molecule has 0 amide bonds. The summed E-state index contributed by atoms with van der Waals surface area (Å²) in [7, 11) is -8.79. The van der Waals surface area contributed by atoms with Crippen LogP contribution in [0.2, 0.25) is 0 Å². The smallest absolute Gasteiger partial charge is 0.282 e. The molecule has 0 aliphatic rings. The van der Waals surface area contributed by atoms with Gasteiger partial charge < -0.3 is 0 Å². The highest BCUT2D eigenvalue weighted by molar-refractivity contribution is 7.86. The van der Waals surface area contributed by atoms with Gasteiger partial charge in [0.1, 0.15) is 0 Å². The first-order chi connectivity index (χ1) is 11.4. The van der Waals surface area contributed by atoms with Gasteiger partial charge in [-0.2, -0.15) is 16.8 Å². The molecule has 0 bridgehead atoms. The fraction of sp³-hybridized carbons (Fsp3) is 0.294. The molecule has 0 fully saturated rings. The van der Waals surface area contributed by atoms with Gasteiger partial charge >= 0.3 is 0 Å². The molecular formula is C17H20O6S2.